The average Bonchev–Trinajstić information content (AvgIpc) is 2.81. The molecule has 3 nitrogen and oxygen atoms in total. The molecule has 15 heteroatoms. The van der Waals surface area contributed by atoms with Gasteiger partial charge in [0, 0.05) is 11.8 Å². The van der Waals surface area contributed by atoms with Crippen LogP contribution in [-0.4, -0.2) is 21.5 Å². The molecule has 0 bridgehead atoms. The van der Waals surface area contributed by atoms with Crippen molar-refractivity contribution in [3.63, 3.8) is 0 Å². The number of benzene rings is 1. The third kappa shape index (κ3) is 5.64. The van der Waals surface area contributed by atoms with Crippen molar-refractivity contribution in [2.45, 2.75) is 29.3 Å². The molecule has 2 aromatic rings. The lowest BCUT2D eigenvalue weighted by Gasteiger charge is -2.14. The summed E-state index contributed by atoms with van der Waals surface area (Å²) >= 11 is 10.5. The third-order valence-electron chi connectivity index (χ3n) is 3.13. The molecule has 1 heterocycles. The fourth-order valence-electron chi connectivity index (χ4n) is 2.21. The number of hydrogen-bond acceptors (Lipinski definition) is 3. The lowest BCUT2D eigenvalue weighted by atomic mass is 10.1. The topological polar surface area (TPSA) is 41.6 Å². The van der Waals surface area contributed by atoms with E-state index in [0.717, 1.165) is 6.07 Å². The number of aromatic nitrogens is 2. The predicted octanol–water partition coefficient (Wildman–Crippen LogP) is 6.79. The summed E-state index contributed by atoms with van der Waals surface area (Å²) in [6, 6.07) is 2.37. The first-order valence-corrected chi connectivity index (χ1v) is 8.52. The van der Waals surface area contributed by atoms with Crippen LogP contribution in [-0.2, 0) is 12.6 Å². The number of alkyl halides is 9. The normalized spacial score (nSPS) is 12.9. The SMILES string of the molecule is N#Cc1c(C(F)(F)F)nn(-c2c(Cl)cc(CC(F)(F)F)cc2Cl)c1SC(F)(F)F. The Balaban J connectivity index is 2.77. The zero-order chi connectivity index (χ0) is 22.4. The Kier molecular flexibility index (Phi) is 6.33. The molecule has 0 spiro atoms. The summed E-state index contributed by atoms with van der Waals surface area (Å²) < 4.78 is 116. The average molecular weight is 488 g/mol. The molecule has 1 aromatic heterocycles. The molecule has 0 saturated carbocycles. The molecule has 158 valence electrons. The first kappa shape index (κ1) is 23.5. The molecule has 0 saturated heterocycles. The van der Waals surface area contributed by atoms with Crippen LogP contribution in [0.15, 0.2) is 17.2 Å². The van der Waals surface area contributed by atoms with Crippen molar-refractivity contribution in [3.8, 4) is 11.8 Å². The summed E-state index contributed by atoms with van der Waals surface area (Å²) in [5, 5.41) is 9.27. The summed E-state index contributed by atoms with van der Waals surface area (Å²) in [6.45, 7) is 0. The largest absolute Gasteiger partial charge is 0.447 e. The van der Waals surface area contributed by atoms with Gasteiger partial charge in [0.2, 0.25) is 0 Å². The van der Waals surface area contributed by atoms with E-state index in [1.54, 1.807) is 0 Å². The van der Waals surface area contributed by atoms with Crippen molar-refractivity contribution in [1.82, 2.24) is 9.78 Å². The Hall–Kier alpha value is -1.78. The van der Waals surface area contributed by atoms with E-state index in [1.807, 2.05) is 0 Å². The number of rotatable bonds is 3. The molecule has 0 fully saturated rings. The van der Waals surface area contributed by atoms with Gasteiger partial charge in [0.05, 0.1) is 16.5 Å². The summed E-state index contributed by atoms with van der Waals surface area (Å²) in [6.07, 6.45) is -11.5. The second kappa shape index (κ2) is 7.81. The van der Waals surface area contributed by atoms with Crippen LogP contribution in [0.4, 0.5) is 39.5 Å². The molecule has 0 radical (unpaired) electrons. The highest BCUT2D eigenvalue weighted by Crippen LogP contribution is 2.45. The van der Waals surface area contributed by atoms with Crippen LogP contribution in [0.25, 0.3) is 5.69 Å². The molecule has 1 aromatic carbocycles. The van der Waals surface area contributed by atoms with E-state index in [9.17, 15) is 39.5 Å². The molecule has 0 atom stereocenters. The van der Waals surface area contributed by atoms with Gasteiger partial charge in [-0.15, -0.1) is 0 Å². The van der Waals surface area contributed by atoms with Crippen LogP contribution in [0.3, 0.4) is 0 Å². The van der Waals surface area contributed by atoms with E-state index in [0.29, 0.717) is 12.1 Å². The minimum atomic E-state index is -5.30. The quantitative estimate of drug-likeness (QED) is 0.353. The van der Waals surface area contributed by atoms with Crippen LogP contribution < -0.4 is 0 Å². The van der Waals surface area contributed by atoms with Gasteiger partial charge in [-0.25, -0.2) is 4.68 Å². The van der Waals surface area contributed by atoms with E-state index in [2.05, 4.69) is 5.10 Å². The number of nitrogens with zero attached hydrogens (tertiary/aromatic N) is 3. The Morgan fingerprint density at radius 2 is 1.52 bits per heavy atom. The van der Waals surface area contributed by atoms with E-state index >= 15 is 0 Å². The Bertz CT molecular complexity index is 948. The van der Waals surface area contributed by atoms with Gasteiger partial charge in [0.25, 0.3) is 0 Å². The van der Waals surface area contributed by atoms with Gasteiger partial charge >= 0.3 is 17.9 Å². The van der Waals surface area contributed by atoms with E-state index < -0.39 is 73.6 Å². The van der Waals surface area contributed by atoms with Crippen LogP contribution >= 0.6 is 35.0 Å². The van der Waals surface area contributed by atoms with E-state index in [4.69, 9.17) is 28.5 Å². The Morgan fingerprint density at radius 1 is 1.00 bits per heavy atom. The maximum Gasteiger partial charge on any atom is 0.447 e. The van der Waals surface area contributed by atoms with Crippen molar-refractivity contribution >= 4 is 35.0 Å². The Morgan fingerprint density at radius 3 is 1.90 bits per heavy atom. The summed E-state index contributed by atoms with van der Waals surface area (Å²) in [5.74, 6) is 0. The van der Waals surface area contributed by atoms with Gasteiger partial charge in [-0.05, 0) is 17.7 Å². The summed E-state index contributed by atoms with van der Waals surface area (Å²) in [4.78, 5) is 0. The van der Waals surface area contributed by atoms with Crippen LogP contribution in [0.1, 0.15) is 16.8 Å². The Labute approximate surface area is 170 Å². The fourth-order valence-corrected chi connectivity index (χ4v) is 3.59. The molecular formula is C14H4Cl2F9N3S. The highest BCUT2D eigenvalue weighted by atomic mass is 35.5. The van der Waals surface area contributed by atoms with Gasteiger partial charge in [-0.1, -0.05) is 23.2 Å². The van der Waals surface area contributed by atoms with Gasteiger partial charge in [-0.2, -0.15) is 49.9 Å². The van der Waals surface area contributed by atoms with Crippen molar-refractivity contribution in [3.05, 3.63) is 39.0 Å². The highest BCUT2D eigenvalue weighted by Gasteiger charge is 2.43. The number of hydrogen-bond donors (Lipinski definition) is 0. The molecule has 0 aliphatic carbocycles. The van der Waals surface area contributed by atoms with E-state index in [-0.39, 0.29) is 4.68 Å². The van der Waals surface area contributed by atoms with Crippen molar-refractivity contribution in [2.75, 3.05) is 0 Å². The highest BCUT2D eigenvalue weighted by molar-refractivity contribution is 8.00. The monoisotopic (exact) mass is 487 g/mol. The van der Waals surface area contributed by atoms with Gasteiger partial charge in [0.1, 0.15) is 22.3 Å². The minimum absolute atomic E-state index is 0.0432. The molecule has 0 aliphatic rings. The molecule has 2 rings (SSSR count). The maximum absolute atomic E-state index is 13.1. The van der Waals surface area contributed by atoms with Crippen molar-refractivity contribution in [1.29, 1.82) is 5.26 Å². The molecule has 0 aliphatic heterocycles. The zero-order valence-electron chi connectivity index (χ0n) is 13.3. The van der Waals surface area contributed by atoms with Crippen LogP contribution in [0, 0.1) is 11.3 Å². The van der Waals surface area contributed by atoms with Gasteiger partial charge in [-0.3, -0.25) is 0 Å². The summed E-state index contributed by atoms with van der Waals surface area (Å²) in [5.41, 5.74) is -9.71. The van der Waals surface area contributed by atoms with Gasteiger partial charge in [0.15, 0.2) is 5.69 Å². The van der Waals surface area contributed by atoms with Gasteiger partial charge < -0.3 is 0 Å². The number of nitriles is 1. The zero-order valence-corrected chi connectivity index (χ0v) is 15.6. The maximum atomic E-state index is 13.1. The second-order valence-electron chi connectivity index (χ2n) is 5.30. The first-order valence-electron chi connectivity index (χ1n) is 6.94. The smallest absolute Gasteiger partial charge is 0.222 e. The van der Waals surface area contributed by atoms with Crippen molar-refractivity contribution < 1.29 is 39.5 Å². The minimum Gasteiger partial charge on any atom is -0.222 e. The van der Waals surface area contributed by atoms with Crippen LogP contribution in [0.5, 0.6) is 0 Å². The standard InChI is InChI=1S/C14H4Cl2F9N3S/c15-7-1-5(3-12(17,18)19)2-8(16)9(7)28-11(29-14(23,24)25)6(4-26)10(27-28)13(20,21)22/h1-2H,3H2. The number of halogens is 11. The molecule has 29 heavy (non-hydrogen) atoms. The van der Waals surface area contributed by atoms with Crippen molar-refractivity contribution in [2.24, 2.45) is 0 Å². The lowest BCUT2D eigenvalue weighted by Crippen LogP contribution is -2.12. The molecule has 0 unspecified atom stereocenters. The lowest BCUT2D eigenvalue weighted by molar-refractivity contribution is -0.141. The second-order valence-corrected chi connectivity index (χ2v) is 7.17. The predicted molar refractivity (Wildman–Crippen MR) is 85.0 cm³/mol. The fraction of sp³-hybridized carbons (Fsp3) is 0.286. The molecular weight excluding hydrogens is 484 g/mol. The van der Waals surface area contributed by atoms with E-state index in [1.165, 1.54) is 0 Å². The summed E-state index contributed by atoms with van der Waals surface area (Å²) in [7, 11) is 0. The first-order chi connectivity index (χ1) is 13.0. The molecule has 0 amide bonds. The van der Waals surface area contributed by atoms with Crippen LogP contribution in [0.2, 0.25) is 10.0 Å². The third-order valence-corrected chi connectivity index (χ3v) is 4.51. The number of thioether (sulfide) groups is 1. The molecule has 0 N–H and O–H groups in total.